The first-order valence-corrected chi connectivity index (χ1v) is 9.16. The van der Waals surface area contributed by atoms with Crippen molar-refractivity contribution in [1.29, 1.82) is 0 Å². The molecule has 1 unspecified atom stereocenters. The second kappa shape index (κ2) is 7.55. The van der Waals surface area contributed by atoms with Crippen LogP contribution in [0.15, 0.2) is 36.7 Å². The van der Waals surface area contributed by atoms with Gasteiger partial charge in [-0.15, -0.1) is 0 Å². The topological polar surface area (TPSA) is 83.1 Å². The highest BCUT2D eigenvalue weighted by molar-refractivity contribution is 7.91. The van der Waals surface area contributed by atoms with E-state index >= 15 is 0 Å². The number of methoxy groups -OCH3 is 1. The van der Waals surface area contributed by atoms with Crippen molar-refractivity contribution in [2.45, 2.75) is 6.92 Å². The lowest BCUT2D eigenvalue weighted by Crippen LogP contribution is -2.15. The highest BCUT2D eigenvalue weighted by Crippen LogP contribution is 2.32. The van der Waals surface area contributed by atoms with Gasteiger partial charge in [0, 0.05) is 12.3 Å². The van der Waals surface area contributed by atoms with Gasteiger partial charge in [-0.2, -0.15) is 0 Å². The van der Waals surface area contributed by atoms with Crippen LogP contribution >= 0.6 is 0 Å². The van der Waals surface area contributed by atoms with E-state index in [9.17, 15) is 4.55 Å². The van der Waals surface area contributed by atoms with Crippen molar-refractivity contribution in [3.8, 4) is 22.9 Å². The van der Waals surface area contributed by atoms with E-state index in [4.69, 9.17) is 9.47 Å². The van der Waals surface area contributed by atoms with Gasteiger partial charge in [0.1, 0.15) is 41.0 Å². The van der Waals surface area contributed by atoms with Gasteiger partial charge in [-0.3, -0.25) is 4.98 Å². The molecule has 0 aliphatic rings. The number of aromatic nitrogens is 3. The molecule has 126 valence electrons. The Balaban J connectivity index is 1.81. The summed E-state index contributed by atoms with van der Waals surface area (Å²) in [6.45, 7) is 2.32. The number of hydrogen-bond donors (Lipinski definition) is 1. The van der Waals surface area contributed by atoms with Crippen LogP contribution in [-0.2, 0) is 11.2 Å². The van der Waals surface area contributed by atoms with Gasteiger partial charge in [0.2, 0.25) is 0 Å². The number of nitrogens with zero attached hydrogens (tertiary/aromatic N) is 2. The van der Waals surface area contributed by atoms with Crippen LogP contribution in [0.25, 0.3) is 22.4 Å². The highest BCUT2D eigenvalue weighted by atomic mass is 32.2. The molecule has 24 heavy (non-hydrogen) atoms. The molecule has 3 rings (SSSR count). The molecule has 1 atom stereocenters. The molecule has 0 aliphatic heterocycles. The Bertz CT molecular complexity index is 789. The Morgan fingerprint density at radius 2 is 2.17 bits per heavy atom. The number of fused-ring (bicyclic) bond motifs is 1. The lowest BCUT2D eigenvalue weighted by molar-refractivity contribution is 0.337. The molecule has 6 nitrogen and oxygen atoms in total. The molecule has 0 saturated carbocycles. The second-order valence-corrected chi connectivity index (χ2v) is 6.99. The van der Waals surface area contributed by atoms with E-state index in [-0.39, 0.29) is 0 Å². The molecule has 0 spiro atoms. The Kier molecular flexibility index (Phi) is 5.22. The standard InChI is InChI=1S/C17H19N3O3S/c1-3-24(21)9-8-23-12-4-5-13(16(10-12)22-2)17-19-14-6-7-18-11-15(14)20-17/h4-7,10-11H,3,8-9H2,1-2H3,(H,19,20). The monoisotopic (exact) mass is 345 g/mol. The lowest BCUT2D eigenvalue weighted by atomic mass is 10.2. The summed E-state index contributed by atoms with van der Waals surface area (Å²) in [5.74, 6) is 3.23. The number of H-pyrrole nitrogens is 1. The smallest absolute Gasteiger partial charge is 0.142 e. The lowest BCUT2D eigenvalue weighted by Gasteiger charge is -2.12. The summed E-state index contributed by atoms with van der Waals surface area (Å²) in [6.07, 6.45) is 3.44. The van der Waals surface area contributed by atoms with Crippen molar-refractivity contribution >= 4 is 22.2 Å². The van der Waals surface area contributed by atoms with Crippen LogP contribution < -0.4 is 9.47 Å². The molecule has 0 radical (unpaired) electrons. The minimum atomic E-state index is -0.828. The SMILES string of the molecule is CC[S+]([O-])CCOc1ccc(-c2nc3cnccc3[nH]2)c(OC)c1. The van der Waals surface area contributed by atoms with Crippen molar-refractivity contribution in [1.82, 2.24) is 15.0 Å². The van der Waals surface area contributed by atoms with Crippen LogP contribution in [0.5, 0.6) is 11.5 Å². The minimum absolute atomic E-state index is 0.416. The van der Waals surface area contributed by atoms with Gasteiger partial charge in [0.25, 0.3) is 0 Å². The summed E-state index contributed by atoms with van der Waals surface area (Å²) in [6, 6.07) is 7.45. The molecule has 3 aromatic rings. The van der Waals surface area contributed by atoms with Gasteiger partial charge >= 0.3 is 0 Å². The van der Waals surface area contributed by atoms with Crippen LogP contribution in [-0.4, -0.2) is 44.7 Å². The summed E-state index contributed by atoms with van der Waals surface area (Å²) in [5, 5.41) is 0. The number of imidazole rings is 1. The van der Waals surface area contributed by atoms with Gasteiger partial charge in [0.15, 0.2) is 0 Å². The molecule has 7 heteroatoms. The summed E-state index contributed by atoms with van der Waals surface area (Å²) >= 11 is -0.828. The molecular weight excluding hydrogens is 326 g/mol. The molecule has 0 bridgehead atoms. The zero-order chi connectivity index (χ0) is 16.9. The van der Waals surface area contributed by atoms with E-state index in [1.165, 1.54) is 0 Å². The Morgan fingerprint density at radius 1 is 1.29 bits per heavy atom. The van der Waals surface area contributed by atoms with E-state index in [0.29, 0.717) is 35.4 Å². The fraction of sp³-hybridized carbons (Fsp3) is 0.294. The first-order valence-electron chi connectivity index (χ1n) is 7.67. The first kappa shape index (κ1) is 16.6. The Hall–Kier alpha value is -2.25. The van der Waals surface area contributed by atoms with E-state index in [1.54, 1.807) is 19.5 Å². The maximum Gasteiger partial charge on any atom is 0.142 e. The molecular formula is C17H19N3O3S. The average molecular weight is 345 g/mol. The molecule has 1 N–H and O–H groups in total. The van der Waals surface area contributed by atoms with E-state index in [1.807, 2.05) is 31.2 Å². The average Bonchev–Trinajstić information content (AvgIpc) is 3.05. The normalized spacial score (nSPS) is 12.3. The van der Waals surface area contributed by atoms with Gasteiger partial charge in [0.05, 0.1) is 24.4 Å². The number of pyridine rings is 1. The van der Waals surface area contributed by atoms with Crippen LogP contribution in [0, 0.1) is 0 Å². The third-order valence-electron chi connectivity index (χ3n) is 3.62. The largest absolute Gasteiger partial charge is 0.616 e. The quantitative estimate of drug-likeness (QED) is 0.666. The Morgan fingerprint density at radius 3 is 2.92 bits per heavy atom. The molecule has 0 fully saturated rings. The van der Waals surface area contributed by atoms with Crippen LogP contribution in [0.3, 0.4) is 0 Å². The van der Waals surface area contributed by atoms with Gasteiger partial charge in [-0.25, -0.2) is 4.98 Å². The van der Waals surface area contributed by atoms with E-state index in [0.717, 1.165) is 16.6 Å². The summed E-state index contributed by atoms with van der Waals surface area (Å²) < 4.78 is 22.6. The maximum atomic E-state index is 11.4. The molecule has 0 amide bonds. The molecule has 1 aromatic carbocycles. The van der Waals surface area contributed by atoms with Gasteiger partial charge < -0.3 is 19.0 Å². The molecule has 0 saturated heterocycles. The fourth-order valence-electron chi connectivity index (χ4n) is 2.34. The van der Waals surface area contributed by atoms with Crippen molar-refractivity contribution in [2.24, 2.45) is 0 Å². The Labute approximate surface area is 143 Å². The first-order chi connectivity index (χ1) is 11.7. The highest BCUT2D eigenvalue weighted by Gasteiger charge is 2.12. The molecule has 2 heterocycles. The van der Waals surface area contributed by atoms with Crippen molar-refractivity contribution in [3.63, 3.8) is 0 Å². The molecule has 0 aliphatic carbocycles. The third-order valence-corrected chi connectivity index (χ3v) is 4.88. The second-order valence-electron chi connectivity index (χ2n) is 5.12. The van der Waals surface area contributed by atoms with Crippen LogP contribution in [0.2, 0.25) is 0 Å². The summed E-state index contributed by atoms with van der Waals surface area (Å²) in [4.78, 5) is 11.9. The zero-order valence-corrected chi connectivity index (χ0v) is 14.4. The van der Waals surface area contributed by atoms with Crippen molar-refractivity contribution in [3.05, 3.63) is 36.7 Å². The summed E-state index contributed by atoms with van der Waals surface area (Å²) in [5.41, 5.74) is 2.57. The maximum absolute atomic E-state index is 11.4. The third kappa shape index (κ3) is 3.63. The summed E-state index contributed by atoms with van der Waals surface area (Å²) in [7, 11) is 1.61. The number of ether oxygens (including phenoxy) is 2. The van der Waals surface area contributed by atoms with E-state index < -0.39 is 11.2 Å². The van der Waals surface area contributed by atoms with Gasteiger partial charge in [-0.1, -0.05) is 11.2 Å². The van der Waals surface area contributed by atoms with Gasteiger partial charge in [-0.05, 0) is 25.1 Å². The number of hydrogen-bond acceptors (Lipinski definition) is 5. The molecule has 2 aromatic heterocycles. The number of aromatic amines is 1. The number of nitrogens with one attached hydrogen (secondary N) is 1. The number of benzene rings is 1. The van der Waals surface area contributed by atoms with Crippen LogP contribution in [0.1, 0.15) is 6.92 Å². The van der Waals surface area contributed by atoms with Crippen LogP contribution in [0.4, 0.5) is 0 Å². The minimum Gasteiger partial charge on any atom is -0.616 e. The number of rotatable bonds is 7. The van der Waals surface area contributed by atoms with Crippen molar-refractivity contribution < 1.29 is 14.0 Å². The zero-order valence-electron chi connectivity index (χ0n) is 13.6. The van der Waals surface area contributed by atoms with Crippen molar-refractivity contribution in [2.75, 3.05) is 25.2 Å². The fourth-order valence-corrected chi connectivity index (χ4v) is 2.90. The van der Waals surface area contributed by atoms with E-state index in [2.05, 4.69) is 15.0 Å². The predicted molar refractivity (Wildman–Crippen MR) is 94.9 cm³/mol. The predicted octanol–water partition coefficient (Wildman–Crippen LogP) is 2.78.